The second kappa shape index (κ2) is 6.37. The average molecular weight is 359 g/mol. The number of halogens is 1. The molecule has 126 valence electrons. The van der Waals surface area contributed by atoms with Crippen LogP contribution in [-0.2, 0) is 9.59 Å². The number of benzene rings is 2. The van der Waals surface area contributed by atoms with E-state index in [1.165, 1.54) is 36.4 Å². The Bertz CT molecular complexity index is 904. The van der Waals surface area contributed by atoms with Crippen LogP contribution < -0.4 is 5.32 Å². The van der Waals surface area contributed by atoms with Gasteiger partial charge in [0.2, 0.25) is 0 Å². The SMILES string of the molecule is O=C1N[C@@H](c2ccc([N+](=O)[O-])cc2)C(=C(O)c2ccc(Cl)cc2)C1=O. The average Bonchev–Trinajstić information content (AvgIpc) is 2.90. The minimum Gasteiger partial charge on any atom is -0.507 e. The van der Waals surface area contributed by atoms with Crippen LogP contribution in [0.4, 0.5) is 5.69 Å². The fraction of sp³-hybridized carbons (Fsp3) is 0.0588. The van der Waals surface area contributed by atoms with Gasteiger partial charge in [0.1, 0.15) is 5.76 Å². The lowest BCUT2D eigenvalue weighted by atomic mass is 9.96. The van der Waals surface area contributed by atoms with Gasteiger partial charge in [0, 0.05) is 22.7 Å². The number of aliphatic hydroxyl groups is 1. The lowest BCUT2D eigenvalue weighted by molar-refractivity contribution is -0.384. The molecule has 1 aliphatic rings. The van der Waals surface area contributed by atoms with Gasteiger partial charge in [0.15, 0.2) is 0 Å². The molecule has 1 fully saturated rings. The van der Waals surface area contributed by atoms with Gasteiger partial charge in [-0.15, -0.1) is 0 Å². The zero-order valence-corrected chi connectivity index (χ0v) is 13.4. The number of nitro benzene ring substituents is 1. The van der Waals surface area contributed by atoms with Crippen molar-refractivity contribution in [1.82, 2.24) is 5.32 Å². The third kappa shape index (κ3) is 3.09. The third-order valence-electron chi connectivity index (χ3n) is 3.82. The molecule has 1 saturated heterocycles. The van der Waals surface area contributed by atoms with E-state index in [2.05, 4.69) is 5.32 Å². The van der Waals surface area contributed by atoms with Crippen molar-refractivity contribution in [3.8, 4) is 0 Å². The highest BCUT2D eigenvalue weighted by atomic mass is 35.5. The summed E-state index contributed by atoms with van der Waals surface area (Å²) in [4.78, 5) is 34.2. The van der Waals surface area contributed by atoms with Gasteiger partial charge < -0.3 is 10.4 Å². The fourth-order valence-corrected chi connectivity index (χ4v) is 2.69. The van der Waals surface area contributed by atoms with Gasteiger partial charge in [-0.25, -0.2) is 0 Å². The maximum absolute atomic E-state index is 12.2. The van der Waals surface area contributed by atoms with E-state index < -0.39 is 22.7 Å². The molecule has 2 aromatic carbocycles. The predicted octanol–water partition coefficient (Wildman–Crippen LogP) is 2.96. The normalized spacial score (nSPS) is 18.8. The number of nitrogens with one attached hydrogen (secondary N) is 1. The van der Waals surface area contributed by atoms with Crippen LogP contribution in [0.25, 0.3) is 5.76 Å². The van der Waals surface area contributed by atoms with Gasteiger partial charge in [0.05, 0.1) is 16.5 Å². The summed E-state index contributed by atoms with van der Waals surface area (Å²) < 4.78 is 0. The Morgan fingerprint density at radius 1 is 1.08 bits per heavy atom. The second-order valence-corrected chi connectivity index (χ2v) is 5.79. The van der Waals surface area contributed by atoms with Crippen molar-refractivity contribution in [2.75, 3.05) is 0 Å². The zero-order valence-electron chi connectivity index (χ0n) is 12.6. The molecular formula is C17H11ClN2O5. The maximum atomic E-state index is 12.2. The van der Waals surface area contributed by atoms with Crippen LogP contribution in [0.5, 0.6) is 0 Å². The van der Waals surface area contributed by atoms with Crippen LogP contribution in [0.2, 0.25) is 5.02 Å². The largest absolute Gasteiger partial charge is 0.507 e. The smallest absolute Gasteiger partial charge is 0.293 e. The first-order valence-electron chi connectivity index (χ1n) is 7.17. The molecular weight excluding hydrogens is 348 g/mol. The lowest BCUT2D eigenvalue weighted by Gasteiger charge is -2.13. The van der Waals surface area contributed by atoms with Crippen molar-refractivity contribution in [3.05, 3.63) is 80.4 Å². The summed E-state index contributed by atoms with van der Waals surface area (Å²) in [6.45, 7) is 0. The second-order valence-electron chi connectivity index (χ2n) is 5.35. The van der Waals surface area contributed by atoms with E-state index in [1.54, 1.807) is 12.1 Å². The molecule has 1 atom stereocenters. The van der Waals surface area contributed by atoms with Crippen molar-refractivity contribution in [1.29, 1.82) is 0 Å². The Kier molecular flexibility index (Phi) is 4.24. The van der Waals surface area contributed by atoms with Crippen LogP contribution in [0, 0.1) is 10.1 Å². The minimum atomic E-state index is -0.892. The molecule has 2 N–H and O–H groups in total. The number of ketones is 1. The molecule has 1 amide bonds. The van der Waals surface area contributed by atoms with E-state index in [0.717, 1.165) is 0 Å². The topological polar surface area (TPSA) is 110 Å². The van der Waals surface area contributed by atoms with Crippen LogP contribution in [0.1, 0.15) is 17.2 Å². The molecule has 0 aromatic heterocycles. The number of Topliss-reactive ketones (excluding diaryl/α,β-unsaturated/α-hetero) is 1. The highest BCUT2D eigenvalue weighted by Gasteiger charge is 2.39. The Morgan fingerprint density at radius 2 is 1.68 bits per heavy atom. The van der Waals surface area contributed by atoms with Crippen LogP contribution in [0.3, 0.4) is 0 Å². The Hall–Kier alpha value is -3.19. The first-order chi connectivity index (χ1) is 11.9. The summed E-state index contributed by atoms with van der Waals surface area (Å²) in [5.41, 5.74) is 0.546. The predicted molar refractivity (Wildman–Crippen MR) is 90.0 cm³/mol. The third-order valence-corrected chi connectivity index (χ3v) is 4.08. The Morgan fingerprint density at radius 3 is 2.24 bits per heavy atom. The minimum absolute atomic E-state index is 0.110. The molecule has 0 saturated carbocycles. The van der Waals surface area contributed by atoms with Crippen molar-refractivity contribution in [3.63, 3.8) is 0 Å². The number of amides is 1. The van der Waals surface area contributed by atoms with Gasteiger partial charge in [0.25, 0.3) is 17.4 Å². The van der Waals surface area contributed by atoms with E-state index in [4.69, 9.17) is 11.6 Å². The maximum Gasteiger partial charge on any atom is 0.293 e. The number of non-ortho nitro benzene ring substituents is 1. The van der Waals surface area contributed by atoms with Crippen molar-refractivity contribution >= 4 is 34.7 Å². The number of hydrogen-bond acceptors (Lipinski definition) is 5. The standard InChI is InChI=1S/C17H11ClN2O5/c18-11-5-1-10(2-6-11)15(21)13-14(19-17(23)16(13)22)9-3-7-12(8-4-9)20(24)25/h1-8,14,21H,(H,19,23)/t14-/m0/s1. The molecule has 2 aromatic rings. The van der Waals surface area contributed by atoms with Crippen molar-refractivity contribution in [2.24, 2.45) is 0 Å². The van der Waals surface area contributed by atoms with Gasteiger partial charge in [-0.05, 0) is 42.0 Å². The number of carbonyl (C=O) groups excluding carboxylic acids is 2. The monoisotopic (exact) mass is 358 g/mol. The van der Waals surface area contributed by atoms with Crippen molar-refractivity contribution in [2.45, 2.75) is 6.04 Å². The first-order valence-corrected chi connectivity index (χ1v) is 7.55. The molecule has 0 unspecified atom stereocenters. The molecule has 7 nitrogen and oxygen atoms in total. The van der Waals surface area contributed by atoms with E-state index in [-0.39, 0.29) is 17.0 Å². The number of carbonyl (C=O) groups is 2. The highest BCUT2D eigenvalue weighted by Crippen LogP contribution is 2.33. The summed E-state index contributed by atoms with van der Waals surface area (Å²) in [5.74, 6) is -2.04. The molecule has 25 heavy (non-hydrogen) atoms. The Labute approximate surface area is 146 Å². The summed E-state index contributed by atoms with van der Waals surface area (Å²) in [6.07, 6.45) is 0. The first kappa shape index (κ1) is 16.7. The van der Waals surface area contributed by atoms with Crippen LogP contribution >= 0.6 is 11.6 Å². The molecule has 1 heterocycles. The molecule has 0 aliphatic carbocycles. The van der Waals surface area contributed by atoms with E-state index >= 15 is 0 Å². The summed E-state index contributed by atoms with van der Waals surface area (Å²) in [7, 11) is 0. The van der Waals surface area contributed by atoms with Crippen molar-refractivity contribution < 1.29 is 19.6 Å². The zero-order chi connectivity index (χ0) is 18.1. The molecule has 1 aliphatic heterocycles. The van der Waals surface area contributed by atoms with Gasteiger partial charge in [-0.1, -0.05) is 11.6 Å². The highest BCUT2D eigenvalue weighted by molar-refractivity contribution is 6.46. The number of aliphatic hydroxyl groups excluding tert-OH is 1. The molecule has 3 rings (SSSR count). The van der Waals surface area contributed by atoms with Gasteiger partial charge >= 0.3 is 0 Å². The Balaban J connectivity index is 2.07. The number of rotatable bonds is 3. The quantitative estimate of drug-likeness (QED) is 0.288. The number of hydrogen-bond donors (Lipinski definition) is 2. The van der Waals surface area contributed by atoms with E-state index in [9.17, 15) is 24.8 Å². The summed E-state index contributed by atoms with van der Waals surface area (Å²) in [5, 5.41) is 24.2. The van der Waals surface area contributed by atoms with E-state index in [1.807, 2.05) is 0 Å². The summed E-state index contributed by atoms with van der Waals surface area (Å²) in [6, 6.07) is 10.6. The van der Waals surface area contributed by atoms with Crippen LogP contribution in [-0.4, -0.2) is 21.7 Å². The number of nitro groups is 1. The van der Waals surface area contributed by atoms with E-state index in [0.29, 0.717) is 16.1 Å². The molecule has 0 bridgehead atoms. The van der Waals surface area contributed by atoms with Gasteiger partial charge in [-0.2, -0.15) is 0 Å². The molecule has 0 radical (unpaired) electrons. The lowest BCUT2D eigenvalue weighted by Crippen LogP contribution is -2.21. The number of nitrogens with zero attached hydrogens (tertiary/aromatic N) is 1. The summed E-state index contributed by atoms with van der Waals surface area (Å²) >= 11 is 5.81. The molecule has 0 spiro atoms. The van der Waals surface area contributed by atoms with Crippen LogP contribution in [0.15, 0.2) is 54.1 Å². The molecule has 8 heteroatoms. The van der Waals surface area contributed by atoms with Gasteiger partial charge in [-0.3, -0.25) is 19.7 Å². The fourth-order valence-electron chi connectivity index (χ4n) is 2.57.